The van der Waals surface area contributed by atoms with Gasteiger partial charge in [0, 0.05) is 22.3 Å². The van der Waals surface area contributed by atoms with E-state index in [1.54, 1.807) is 30.3 Å². The maximum atomic E-state index is 12.7. The van der Waals surface area contributed by atoms with Crippen molar-refractivity contribution in [3.8, 4) is 17.0 Å². The number of hydrogen-bond donors (Lipinski definition) is 2. The first-order valence-electron chi connectivity index (χ1n) is 9.50. The smallest absolute Gasteiger partial charge is 0.257 e. The quantitative estimate of drug-likeness (QED) is 0.532. The van der Waals surface area contributed by atoms with E-state index in [1.807, 2.05) is 44.2 Å². The Morgan fingerprint density at radius 3 is 2.50 bits per heavy atom. The Bertz CT molecular complexity index is 1050. The van der Waals surface area contributed by atoms with Crippen molar-refractivity contribution in [1.82, 2.24) is 10.3 Å². The van der Waals surface area contributed by atoms with Gasteiger partial charge in [0.15, 0.2) is 6.61 Å². The van der Waals surface area contributed by atoms with Crippen LogP contribution in [0.1, 0.15) is 23.0 Å². The SMILES string of the molecule is CCNC(=O)COc1ccc(NC(=O)c2ccc(-c3cccc(Br)c3)nc2C)cc1. The number of rotatable bonds is 7. The van der Waals surface area contributed by atoms with E-state index in [-0.39, 0.29) is 18.4 Å². The van der Waals surface area contributed by atoms with Crippen LogP contribution in [0, 0.1) is 6.92 Å². The third-order valence-corrected chi connectivity index (χ3v) is 4.80. The molecule has 3 aromatic rings. The molecule has 0 atom stereocenters. The molecule has 2 N–H and O–H groups in total. The Balaban J connectivity index is 1.65. The van der Waals surface area contributed by atoms with Gasteiger partial charge in [-0.3, -0.25) is 14.6 Å². The Kier molecular flexibility index (Phi) is 7.19. The van der Waals surface area contributed by atoms with Crippen molar-refractivity contribution in [2.45, 2.75) is 13.8 Å². The number of aromatic nitrogens is 1. The van der Waals surface area contributed by atoms with Crippen LogP contribution >= 0.6 is 15.9 Å². The average Bonchev–Trinajstić information content (AvgIpc) is 2.73. The topological polar surface area (TPSA) is 80.3 Å². The van der Waals surface area contributed by atoms with Crippen molar-refractivity contribution in [2.24, 2.45) is 0 Å². The summed E-state index contributed by atoms with van der Waals surface area (Å²) in [5.41, 5.74) is 3.56. The highest BCUT2D eigenvalue weighted by Crippen LogP contribution is 2.23. The lowest BCUT2D eigenvalue weighted by Crippen LogP contribution is -2.28. The fourth-order valence-electron chi connectivity index (χ4n) is 2.84. The van der Waals surface area contributed by atoms with Gasteiger partial charge in [0.1, 0.15) is 5.75 Å². The highest BCUT2D eigenvalue weighted by molar-refractivity contribution is 9.10. The number of halogens is 1. The standard InChI is InChI=1S/C23H22BrN3O3/c1-3-25-22(28)14-30-19-9-7-18(8-10-19)27-23(29)20-11-12-21(26-15(20)2)16-5-4-6-17(24)13-16/h4-13H,3,14H2,1-2H3,(H,25,28)(H,27,29). The van der Waals surface area contributed by atoms with Gasteiger partial charge in [-0.25, -0.2) is 0 Å². The minimum Gasteiger partial charge on any atom is -0.484 e. The van der Waals surface area contributed by atoms with Crippen LogP contribution in [0.25, 0.3) is 11.3 Å². The number of hydrogen-bond acceptors (Lipinski definition) is 4. The van der Waals surface area contributed by atoms with Crippen molar-refractivity contribution < 1.29 is 14.3 Å². The van der Waals surface area contributed by atoms with Gasteiger partial charge in [-0.15, -0.1) is 0 Å². The van der Waals surface area contributed by atoms with Gasteiger partial charge in [-0.05, 0) is 62.4 Å². The van der Waals surface area contributed by atoms with Gasteiger partial charge < -0.3 is 15.4 Å². The number of amides is 2. The molecule has 0 aliphatic carbocycles. The second-order valence-electron chi connectivity index (χ2n) is 6.56. The van der Waals surface area contributed by atoms with Crippen LogP contribution in [-0.4, -0.2) is 29.9 Å². The van der Waals surface area contributed by atoms with Crippen LogP contribution in [0.3, 0.4) is 0 Å². The Morgan fingerprint density at radius 2 is 1.83 bits per heavy atom. The highest BCUT2D eigenvalue weighted by Gasteiger charge is 2.12. The van der Waals surface area contributed by atoms with Gasteiger partial charge in [0.05, 0.1) is 17.0 Å². The molecule has 0 spiro atoms. The Hall–Kier alpha value is -3.19. The van der Waals surface area contributed by atoms with E-state index in [9.17, 15) is 9.59 Å². The second kappa shape index (κ2) is 10.0. The van der Waals surface area contributed by atoms with Gasteiger partial charge in [-0.2, -0.15) is 0 Å². The molecule has 0 saturated carbocycles. The first-order chi connectivity index (χ1) is 14.5. The van der Waals surface area contributed by atoms with Crippen molar-refractivity contribution in [2.75, 3.05) is 18.5 Å². The lowest BCUT2D eigenvalue weighted by atomic mass is 10.1. The molecule has 1 aromatic heterocycles. The summed E-state index contributed by atoms with van der Waals surface area (Å²) < 4.78 is 6.38. The lowest BCUT2D eigenvalue weighted by Gasteiger charge is -2.10. The summed E-state index contributed by atoms with van der Waals surface area (Å²) in [5.74, 6) is 0.136. The molecule has 3 rings (SSSR count). The van der Waals surface area contributed by atoms with Gasteiger partial charge in [-0.1, -0.05) is 28.1 Å². The van der Waals surface area contributed by atoms with Crippen molar-refractivity contribution in [1.29, 1.82) is 0 Å². The summed E-state index contributed by atoms with van der Waals surface area (Å²) in [6.45, 7) is 4.18. The Morgan fingerprint density at radius 1 is 1.07 bits per heavy atom. The first-order valence-corrected chi connectivity index (χ1v) is 10.3. The molecule has 0 unspecified atom stereocenters. The molecule has 7 heteroatoms. The number of carbonyl (C=O) groups excluding carboxylic acids is 2. The van der Waals surface area contributed by atoms with Gasteiger partial charge >= 0.3 is 0 Å². The first kappa shape index (κ1) is 21.5. The van der Waals surface area contributed by atoms with E-state index in [0.717, 1.165) is 15.7 Å². The summed E-state index contributed by atoms with van der Waals surface area (Å²) in [7, 11) is 0. The van der Waals surface area contributed by atoms with Gasteiger partial charge in [0.2, 0.25) is 0 Å². The normalized spacial score (nSPS) is 10.4. The van der Waals surface area contributed by atoms with E-state index in [2.05, 4.69) is 31.5 Å². The number of anilines is 1. The zero-order chi connectivity index (χ0) is 21.5. The Labute approximate surface area is 183 Å². The molecule has 154 valence electrons. The van der Waals surface area contributed by atoms with Gasteiger partial charge in [0.25, 0.3) is 11.8 Å². The van der Waals surface area contributed by atoms with E-state index < -0.39 is 0 Å². The van der Waals surface area contributed by atoms with Crippen molar-refractivity contribution >= 4 is 33.4 Å². The molecule has 0 saturated heterocycles. The van der Waals surface area contributed by atoms with E-state index in [1.165, 1.54) is 0 Å². The number of likely N-dealkylation sites (N-methyl/N-ethyl adjacent to an activating group) is 1. The number of benzene rings is 2. The maximum absolute atomic E-state index is 12.7. The monoisotopic (exact) mass is 467 g/mol. The highest BCUT2D eigenvalue weighted by atomic mass is 79.9. The molecule has 30 heavy (non-hydrogen) atoms. The molecule has 0 aliphatic rings. The van der Waals surface area contributed by atoms with Crippen LogP contribution in [0.15, 0.2) is 65.1 Å². The number of carbonyl (C=O) groups is 2. The van der Waals surface area contributed by atoms with Crippen LogP contribution < -0.4 is 15.4 Å². The molecule has 6 nitrogen and oxygen atoms in total. The van der Waals surface area contributed by atoms with Crippen LogP contribution in [-0.2, 0) is 4.79 Å². The molecule has 0 radical (unpaired) electrons. The van der Waals surface area contributed by atoms with E-state index in [0.29, 0.717) is 29.2 Å². The molecule has 0 bridgehead atoms. The third-order valence-electron chi connectivity index (χ3n) is 4.31. The number of ether oxygens (including phenoxy) is 1. The summed E-state index contributed by atoms with van der Waals surface area (Å²) in [4.78, 5) is 28.7. The fourth-order valence-corrected chi connectivity index (χ4v) is 3.24. The average molecular weight is 468 g/mol. The lowest BCUT2D eigenvalue weighted by molar-refractivity contribution is -0.122. The van der Waals surface area contributed by atoms with E-state index >= 15 is 0 Å². The van der Waals surface area contributed by atoms with Crippen molar-refractivity contribution in [3.63, 3.8) is 0 Å². The minimum absolute atomic E-state index is 0.0469. The van der Waals surface area contributed by atoms with Crippen LogP contribution in [0.2, 0.25) is 0 Å². The summed E-state index contributed by atoms with van der Waals surface area (Å²) in [6, 6.07) is 18.3. The fraction of sp³-hybridized carbons (Fsp3) is 0.174. The molecular formula is C23H22BrN3O3. The number of nitrogens with zero attached hydrogens (tertiary/aromatic N) is 1. The van der Waals surface area contributed by atoms with Crippen LogP contribution in [0.4, 0.5) is 5.69 Å². The van der Waals surface area contributed by atoms with Crippen molar-refractivity contribution in [3.05, 3.63) is 76.4 Å². The number of pyridine rings is 1. The van der Waals surface area contributed by atoms with Crippen LogP contribution in [0.5, 0.6) is 5.75 Å². The molecule has 0 aliphatic heterocycles. The third kappa shape index (κ3) is 5.67. The number of nitrogens with one attached hydrogen (secondary N) is 2. The molecule has 0 fully saturated rings. The largest absolute Gasteiger partial charge is 0.484 e. The predicted molar refractivity (Wildman–Crippen MR) is 121 cm³/mol. The zero-order valence-electron chi connectivity index (χ0n) is 16.7. The van der Waals surface area contributed by atoms with E-state index in [4.69, 9.17) is 4.74 Å². The maximum Gasteiger partial charge on any atom is 0.257 e. The number of aryl methyl sites for hydroxylation is 1. The summed E-state index contributed by atoms with van der Waals surface area (Å²) >= 11 is 3.46. The summed E-state index contributed by atoms with van der Waals surface area (Å²) in [6.07, 6.45) is 0. The predicted octanol–water partition coefficient (Wildman–Crippen LogP) is 4.59. The molecule has 2 amide bonds. The summed E-state index contributed by atoms with van der Waals surface area (Å²) in [5, 5.41) is 5.52. The minimum atomic E-state index is -0.239. The molecule has 2 aromatic carbocycles. The molecule has 1 heterocycles. The second-order valence-corrected chi connectivity index (χ2v) is 7.48. The zero-order valence-corrected chi connectivity index (χ0v) is 18.3. The molecular weight excluding hydrogens is 446 g/mol.